The van der Waals surface area contributed by atoms with Crippen LogP contribution in [0.25, 0.3) is 4.85 Å². The Labute approximate surface area is 166 Å². The van der Waals surface area contributed by atoms with E-state index in [1.165, 1.54) is 0 Å². The van der Waals surface area contributed by atoms with E-state index in [1.807, 2.05) is 12.1 Å². The molecule has 7 heteroatoms. The van der Waals surface area contributed by atoms with E-state index in [9.17, 15) is 5.26 Å². The summed E-state index contributed by atoms with van der Waals surface area (Å²) in [6.07, 6.45) is 3.92. The molecule has 1 N–H and O–H groups in total. The number of nitrogens with zero attached hydrogens (tertiary/aromatic N) is 5. The first kappa shape index (κ1) is 17.9. The number of aromatic nitrogens is 2. The van der Waals surface area contributed by atoms with Crippen molar-refractivity contribution in [2.24, 2.45) is 10.9 Å². The molecule has 2 aliphatic heterocycles. The molecular formula is C20H19BrN6. The maximum Gasteiger partial charge on any atom is 0.272 e. The number of aromatic amines is 1. The fourth-order valence-corrected chi connectivity index (χ4v) is 4.84. The molecule has 3 heterocycles. The molecule has 1 aromatic carbocycles. The van der Waals surface area contributed by atoms with Crippen LogP contribution in [0, 0.1) is 23.8 Å². The van der Waals surface area contributed by atoms with Crippen LogP contribution in [0.4, 0.5) is 5.82 Å². The van der Waals surface area contributed by atoms with E-state index in [2.05, 4.69) is 49.0 Å². The molecule has 0 aliphatic carbocycles. The number of likely N-dealkylation sites (tertiary alicyclic amines) is 1. The maximum absolute atomic E-state index is 9.42. The summed E-state index contributed by atoms with van der Waals surface area (Å²) in [5.41, 5.74) is 3.37. The second-order valence-corrected chi connectivity index (χ2v) is 7.98. The quantitative estimate of drug-likeness (QED) is 0.745. The van der Waals surface area contributed by atoms with E-state index < -0.39 is 6.04 Å². The number of nitriles is 1. The van der Waals surface area contributed by atoms with Gasteiger partial charge in [-0.05, 0) is 54.0 Å². The van der Waals surface area contributed by atoms with Gasteiger partial charge in [0.25, 0.3) is 6.04 Å². The van der Waals surface area contributed by atoms with Gasteiger partial charge in [-0.15, -0.1) is 0 Å². The van der Waals surface area contributed by atoms with Crippen molar-refractivity contribution >= 4 is 27.5 Å². The minimum Gasteiger partial charge on any atom is -0.306 e. The lowest BCUT2D eigenvalue weighted by molar-refractivity contribution is 0.245. The average molecular weight is 423 g/mol. The van der Waals surface area contributed by atoms with Crippen molar-refractivity contribution < 1.29 is 0 Å². The number of nitrogens with one attached hydrogen (secondary N) is 1. The van der Waals surface area contributed by atoms with Crippen molar-refractivity contribution in [1.29, 1.82) is 5.26 Å². The molecule has 6 nitrogen and oxygen atoms in total. The Morgan fingerprint density at radius 3 is 3.00 bits per heavy atom. The summed E-state index contributed by atoms with van der Waals surface area (Å²) in [5.74, 6) is 0.802. The van der Waals surface area contributed by atoms with E-state index >= 15 is 0 Å². The van der Waals surface area contributed by atoms with Crippen LogP contribution in [-0.4, -0.2) is 47.0 Å². The molecule has 27 heavy (non-hydrogen) atoms. The van der Waals surface area contributed by atoms with Gasteiger partial charge in [-0.25, -0.2) is 11.6 Å². The number of fused-ring (bicyclic) bond motifs is 1. The zero-order valence-corrected chi connectivity index (χ0v) is 16.6. The highest BCUT2D eigenvalue weighted by atomic mass is 79.9. The van der Waals surface area contributed by atoms with Gasteiger partial charge in [-0.1, -0.05) is 12.1 Å². The fourth-order valence-electron chi connectivity index (χ4n) is 4.24. The molecule has 3 atom stereocenters. The smallest absolute Gasteiger partial charge is 0.272 e. The fraction of sp³-hybridized carbons (Fsp3) is 0.400. The third-order valence-electron chi connectivity index (χ3n) is 5.51. The second kappa shape index (κ2) is 7.26. The van der Waals surface area contributed by atoms with Crippen molar-refractivity contribution in [2.45, 2.75) is 24.8 Å². The number of H-pyrrole nitrogens is 1. The summed E-state index contributed by atoms with van der Waals surface area (Å²) in [6, 6.07) is 7.47. The molecule has 1 aromatic heterocycles. The molecule has 0 radical (unpaired) electrons. The van der Waals surface area contributed by atoms with Gasteiger partial charge in [0.05, 0.1) is 17.7 Å². The highest BCUT2D eigenvalue weighted by Gasteiger charge is 2.44. The number of rotatable bonds is 2. The minimum absolute atomic E-state index is 0.196. The van der Waals surface area contributed by atoms with Gasteiger partial charge >= 0.3 is 0 Å². The molecule has 1 fully saturated rings. The lowest BCUT2D eigenvalue weighted by atomic mass is 9.77. The van der Waals surface area contributed by atoms with E-state index in [1.54, 1.807) is 12.3 Å². The van der Waals surface area contributed by atoms with Crippen molar-refractivity contribution in [3.8, 4) is 6.07 Å². The third-order valence-corrected chi connectivity index (χ3v) is 6.39. The first-order chi connectivity index (χ1) is 13.1. The molecule has 4 rings (SSSR count). The molecule has 3 unspecified atom stereocenters. The maximum atomic E-state index is 9.42. The predicted octanol–water partition coefficient (Wildman–Crippen LogP) is 3.89. The zero-order chi connectivity index (χ0) is 19.0. The van der Waals surface area contributed by atoms with E-state index in [-0.39, 0.29) is 11.8 Å². The Morgan fingerprint density at radius 1 is 1.41 bits per heavy atom. The number of hydrogen-bond acceptors (Lipinski definition) is 4. The highest BCUT2D eigenvalue weighted by molar-refractivity contribution is 9.10. The third kappa shape index (κ3) is 3.07. The first-order valence-electron chi connectivity index (χ1n) is 8.99. The Bertz CT molecular complexity index is 979. The molecule has 0 bridgehead atoms. The Kier molecular flexibility index (Phi) is 4.82. The average Bonchev–Trinajstić information content (AvgIpc) is 3.15. The van der Waals surface area contributed by atoms with Gasteiger partial charge in [0.2, 0.25) is 0 Å². The summed E-state index contributed by atoms with van der Waals surface area (Å²) in [5, 5.41) is 16.6. The Morgan fingerprint density at radius 2 is 2.26 bits per heavy atom. The van der Waals surface area contributed by atoms with E-state index in [0.29, 0.717) is 5.56 Å². The molecule has 0 saturated carbocycles. The standard InChI is InChI=1S/C20H19BrN6/c1-23-19-16(14-7-3-5-12(9-22)17(14)21)15-10-24-26-20(15)25-18(19)13-6-4-8-27(2)11-13/h3,5,7,10,13,16,19H,4,6,8,11H2,2H3,(H,24,26). The number of benzene rings is 1. The second-order valence-electron chi connectivity index (χ2n) is 7.18. The summed E-state index contributed by atoms with van der Waals surface area (Å²) in [7, 11) is 2.12. The molecule has 0 amide bonds. The van der Waals surface area contributed by atoms with Crippen LogP contribution in [0.3, 0.4) is 0 Å². The molecule has 2 aromatic rings. The Hall–Kier alpha value is -2.48. The van der Waals surface area contributed by atoms with Crippen LogP contribution in [0.1, 0.15) is 35.4 Å². The topological polar surface area (TPSA) is 72.4 Å². The van der Waals surface area contributed by atoms with Gasteiger partial charge in [0.1, 0.15) is 11.8 Å². The van der Waals surface area contributed by atoms with Crippen molar-refractivity contribution in [2.75, 3.05) is 20.1 Å². The molecule has 1 saturated heterocycles. The first-order valence-corrected chi connectivity index (χ1v) is 9.78. The molecule has 136 valence electrons. The van der Waals surface area contributed by atoms with Gasteiger partial charge in [0, 0.05) is 22.5 Å². The van der Waals surface area contributed by atoms with E-state index in [4.69, 9.17) is 11.6 Å². The molecule has 0 spiro atoms. The van der Waals surface area contributed by atoms with Crippen LogP contribution in [0.2, 0.25) is 0 Å². The largest absolute Gasteiger partial charge is 0.306 e. The number of hydrogen-bond donors (Lipinski definition) is 1. The summed E-state index contributed by atoms with van der Waals surface area (Å²) < 4.78 is 0.750. The number of halogens is 1. The van der Waals surface area contributed by atoms with Gasteiger partial charge in [-0.3, -0.25) is 5.10 Å². The van der Waals surface area contributed by atoms with E-state index in [0.717, 1.165) is 53.1 Å². The lowest BCUT2D eigenvalue weighted by Crippen LogP contribution is -2.42. The van der Waals surface area contributed by atoms with Gasteiger partial charge in [-0.2, -0.15) is 10.4 Å². The lowest BCUT2D eigenvalue weighted by Gasteiger charge is -2.34. The zero-order valence-electron chi connectivity index (χ0n) is 15.0. The molecule has 2 aliphatic rings. The summed E-state index contributed by atoms with van der Waals surface area (Å²) in [6.45, 7) is 9.96. The van der Waals surface area contributed by atoms with Crippen LogP contribution in [0.15, 0.2) is 33.9 Å². The Balaban J connectivity index is 1.85. The molecular weight excluding hydrogens is 404 g/mol. The van der Waals surface area contributed by atoms with Crippen LogP contribution in [-0.2, 0) is 0 Å². The SMILES string of the molecule is [C-]#[N+]C1C(C2CCCN(C)C2)=Nc2[nH]ncc2C1c1cccc(C#N)c1Br. The normalized spacial score (nSPS) is 25.2. The summed E-state index contributed by atoms with van der Waals surface area (Å²) in [4.78, 5) is 11.2. The van der Waals surface area contributed by atoms with Crippen molar-refractivity contribution in [1.82, 2.24) is 15.1 Å². The van der Waals surface area contributed by atoms with Crippen LogP contribution >= 0.6 is 15.9 Å². The van der Waals surface area contributed by atoms with Crippen molar-refractivity contribution in [3.05, 3.63) is 57.0 Å². The number of aliphatic imine (C=N–C) groups is 1. The monoisotopic (exact) mass is 422 g/mol. The number of piperidine rings is 1. The van der Waals surface area contributed by atoms with Crippen LogP contribution in [0.5, 0.6) is 0 Å². The highest BCUT2D eigenvalue weighted by Crippen LogP contribution is 2.44. The minimum atomic E-state index is -0.392. The van der Waals surface area contributed by atoms with Crippen LogP contribution < -0.4 is 0 Å². The van der Waals surface area contributed by atoms with Gasteiger partial charge in [0.15, 0.2) is 5.82 Å². The predicted molar refractivity (Wildman–Crippen MR) is 107 cm³/mol. The summed E-state index contributed by atoms with van der Waals surface area (Å²) >= 11 is 3.60. The van der Waals surface area contributed by atoms with Crippen molar-refractivity contribution in [3.63, 3.8) is 0 Å². The van der Waals surface area contributed by atoms with Gasteiger partial charge < -0.3 is 9.74 Å².